The Morgan fingerprint density at radius 2 is 1.91 bits per heavy atom. The molecule has 0 fully saturated rings. The molecule has 33 heavy (non-hydrogen) atoms. The minimum atomic E-state index is -0.297. The Balaban J connectivity index is 1.59. The molecule has 0 spiro atoms. The number of carbonyl (C=O) groups excluding carboxylic acids is 1. The van der Waals surface area contributed by atoms with Crippen molar-refractivity contribution in [1.29, 1.82) is 0 Å². The van der Waals surface area contributed by atoms with E-state index in [-0.39, 0.29) is 5.91 Å². The summed E-state index contributed by atoms with van der Waals surface area (Å²) in [5, 5.41) is 7.59. The maximum atomic E-state index is 12.7. The smallest absolute Gasteiger partial charge is 0.248 e. The number of benzene rings is 2. The van der Waals surface area contributed by atoms with Crippen LogP contribution in [0.2, 0.25) is 0 Å². The van der Waals surface area contributed by atoms with E-state index in [4.69, 9.17) is 14.6 Å². The molecule has 0 saturated heterocycles. The van der Waals surface area contributed by atoms with Crippen LogP contribution in [-0.4, -0.2) is 34.9 Å². The van der Waals surface area contributed by atoms with Gasteiger partial charge in [0.15, 0.2) is 0 Å². The van der Waals surface area contributed by atoms with Gasteiger partial charge in [0.1, 0.15) is 17.2 Å². The number of methoxy groups -OCH3 is 2. The molecule has 2 aromatic carbocycles. The predicted octanol–water partition coefficient (Wildman–Crippen LogP) is 4.66. The summed E-state index contributed by atoms with van der Waals surface area (Å²) in [4.78, 5) is 16.9. The standard InChI is InChI=1S/C26H24N4O3/c1-32-22-11-12-24(33-2)23(15-22)28-25(31)13-10-21-18-30(17-19-7-4-3-5-8-19)29-26(21)20-9-6-14-27-16-20/h3-16,18H,17H2,1-2H3,(H,28,31)/b13-10+. The van der Waals surface area contributed by atoms with Gasteiger partial charge in [-0.1, -0.05) is 30.3 Å². The number of rotatable bonds is 8. The predicted molar refractivity (Wildman–Crippen MR) is 128 cm³/mol. The van der Waals surface area contributed by atoms with E-state index in [9.17, 15) is 4.79 Å². The van der Waals surface area contributed by atoms with Gasteiger partial charge in [-0.2, -0.15) is 5.10 Å². The Morgan fingerprint density at radius 3 is 2.64 bits per heavy atom. The van der Waals surface area contributed by atoms with Crippen LogP contribution in [0.25, 0.3) is 17.3 Å². The van der Waals surface area contributed by atoms with E-state index in [0.717, 1.165) is 22.4 Å². The minimum absolute atomic E-state index is 0.297. The second-order valence-electron chi connectivity index (χ2n) is 7.25. The van der Waals surface area contributed by atoms with Crippen molar-refractivity contribution >= 4 is 17.7 Å². The molecule has 4 aromatic rings. The van der Waals surface area contributed by atoms with Crippen LogP contribution in [0.1, 0.15) is 11.1 Å². The molecule has 2 heterocycles. The van der Waals surface area contributed by atoms with Crippen LogP contribution in [0, 0.1) is 0 Å². The van der Waals surface area contributed by atoms with Crippen molar-refractivity contribution < 1.29 is 14.3 Å². The summed E-state index contributed by atoms with van der Waals surface area (Å²) in [7, 11) is 3.12. The van der Waals surface area contributed by atoms with Crippen LogP contribution in [0.5, 0.6) is 11.5 Å². The fraction of sp³-hybridized carbons (Fsp3) is 0.115. The zero-order valence-corrected chi connectivity index (χ0v) is 18.4. The quantitative estimate of drug-likeness (QED) is 0.403. The number of anilines is 1. The molecule has 0 unspecified atom stereocenters. The van der Waals surface area contributed by atoms with Crippen LogP contribution < -0.4 is 14.8 Å². The van der Waals surface area contributed by atoms with Gasteiger partial charge >= 0.3 is 0 Å². The molecule has 0 aliphatic heterocycles. The van der Waals surface area contributed by atoms with Crippen molar-refractivity contribution in [1.82, 2.24) is 14.8 Å². The number of nitrogens with one attached hydrogen (secondary N) is 1. The highest BCUT2D eigenvalue weighted by Crippen LogP contribution is 2.29. The van der Waals surface area contributed by atoms with E-state index >= 15 is 0 Å². The van der Waals surface area contributed by atoms with Gasteiger partial charge in [-0.25, -0.2) is 0 Å². The Labute approximate surface area is 192 Å². The lowest BCUT2D eigenvalue weighted by molar-refractivity contribution is -0.111. The van der Waals surface area contributed by atoms with Gasteiger partial charge in [-0.15, -0.1) is 0 Å². The summed E-state index contributed by atoms with van der Waals surface area (Å²) >= 11 is 0. The average Bonchev–Trinajstić information content (AvgIpc) is 3.26. The fourth-order valence-corrected chi connectivity index (χ4v) is 3.39. The Kier molecular flexibility index (Phi) is 6.80. The molecule has 1 N–H and O–H groups in total. The number of aromatic nitrogens is 3. The van der Waals surface area contributed by atoms with E-state index in [1.807, 2.05) is 41.2 Å². The van der Waals surface area contributed by atoms with Crippen LogP contribution in [0.4, 0.5) is 5.69 Å². The molecule has 0 aliphatic carbocycles. The van der Waals surface area contributed by atoms with Crippen LogP contribution in [0.3, 0.4) is 0 Å². The summed E-state index contributed by atoms with van der Waals surface area (Å²) in [6, 6.07) is 19.1. The van der Waals surface area contributed by atoms with Crippen molar-refractivity contribution in [2.45, 2.75) is 6.54 Å². The molecule has 1 amide bonds. The lowest BCUT2D eigenvalue weighted by Gasteiger charge is -2.10. The molecule has 0 saturated carbocycles. The number of pyridine rings is 1. The highest BCUT2D eigenvalue weighted by Gasteiger charge is 2.11. The minimum Gasteiger partial charge on any atom is -0.497 e. The zero-order valence-electron chi connectivity index (χ0n) is 18.4. The van der Waals surface area contributed by atoms with Gasteiger partial charge in [0, 0.05) is 41.9 Å². The topological polar surface area (TPSA) is 78.3 Å². The molecule has 0 radical (unpaired) electrons. The van der Waals surface area contributed by atoms with Crippen molar-refractivity contribution in [2.75, 3.05) is 19.5 Å². The molecule has 7 nitrogen and oxygen atoms in total. The van der Waals surface area contributed by atoms with E-state index < -0.39 is 0 Å². The molecule has 2 aromatic heterocycles. The molecule has 0 aliphatic rings. The number of carbonyl (C=O) groups is 1. The Bertz CT molecular complexity index is 1250. The normalized spacial score (nSPS) is 10.8. The highest BCUT2D eigenvalue weighted by molar-refractivity contribution is 6.03. The molecule has 4 rings (SSSR count). The first-order valence-electron chi connectivity index (χ1n) is 10.4. The first kappa shape index (κ1) is 21.8. The summed E-state index contributed by atoms with van der Waals surface area (Å²) in [5.74, 6) is 0.870. The first-order chi connectivity index (χ1) is 16.2. The number of amides is 1. The van der Waals surface area contributed by atoms with E-state index in [1.165, 1.54) is 6.08 Å². The van der Waals surface area contributed by atoms with Gasteiger partial charge in [0.25, 0.3) is 0 Å². The number of hydrogen-bond donors (Lipinski definition) is 1. The van der Waals surface area contributed by atoms with Crippen LogP contribution >= 0.6 is 0 Å². The van der Waals surface area contributed by atoms with Crippen molar-refractivity contribution in [3.05, 3.63) is 96.5 Å². The molecule has 166 valence electrons. The second-order valence-corrected chi connectivity index (χ2v) is 7.25. The lowest BCUT2D eigenvalue weighted by Crippen LogP contribution is -2.09. The summed E-state index contributed by atoms with van der Waals surface area (Å²) in [6.07, 6.45) is 8.62. The first-order valence-corrected chi connectivity index (χ1v) is 10.4. The van der Waals surface area contributed by atoms with Gasteiger partial charge in [-0.05, 0) is 35.9 Å². The Morgan fingerprint density at radius 1 is 1.06 bits per heavy atom. The number of nitrogens with zero attached hydrogens (tertiary/aromatic N) is 3. The van der Waals surface area contributed by atoms with Gasteiger partial charge in [-0.3, -0.25) is 14.5 Å². The largest absolute Gasteiger partial charge is 0.497 e. The molecular formula is C26H24N4O3. The molecule has 0 atom stereocenters. The molecular weight excluding hydrogens is 416 g/mol. The fourth-order valence-electron chi connectivity index (χ4n) is 3.39. The lowest BCUT2D eigenvalue weighted by atomic mass is 10.1. The van der Waals surface area contributed by atoms with E-state index in [1.54, 1.807) is 50.9 Å². The summed E-state index contributed by atoms with van der Waals surface area (Å²) < 4.78 is 12.4. The third-order valence-electron chi connectivity index (χ3n) is 4.99. The average molecular weight is 441 g/mol. The van der Waals surface area contributed by atoms with Crippen LogP contribution in [-0.2, 0) is 11.3 Å². The zero-order chi connectivity index (χ0) is 23.0. The molecule has 0 bridgehead atoms. The summed E-state index contributed by atoms with van der Waals surface area (Å²) in [5.41, 5.74) is 4.10. The number of ether oxygens (including phenoxy) is 2. The second kappa shape index (κ2) is 10.3. The monoisotopic (exact) mass is 440 g/mol. The van der Waals surface area contributed by atoms with Crippen molar-refractivity contribution in [2.24, 2.45) is 0 Å². The van der Waals surface area contributed by atoms with Gasteiger partial charge in [0.2, 0.25) is 5.91 Å². The third-order valence-corrected chi connectivity index (χ3v) is 4.99. The number of hydrogen-bond acceptors (Lipinski definition) is 5. The van der Waals surface area contributed by atoms with Crippen molar-refractivity contribution in [3.63, 3.8) is 0 Å². The third kappa shape index (κ3) is 5.46. The van der Waals surface area contributed by atoms with Crippen molar-refractivity contribution in [3.8, 4) is 22.8 Å². The maximum absolute atomic E-state index is 12.7. The summed E-state index contributed by atoms with van der Waals surface area (Å²) in [6.45, 7) is 0.620. The molecule has 7 heteroatoms. The van der Waals surface area contributed by atoms with Gasteiger partial charge in [0.05, 0.1) is 26.5 Å². The maximum Gasteiger partial charge on any atom is 0.248 e. The van der Waals surface area contributed by atoms with E-state index in [2.05, 4.69) is 22.4 Å². The van der Waals surface area contributed by atoms with Crippen LogP contribution in [0.15, 0.2) is 85.3 Å². The highest BCUT2D eigenvalue weighted by atomic mass is 16.5. The van der Waals surface area contributed by atoms with Gasteiger partial charge < -0.3 is 14.8 Å². The SMILES string of the molecule is COc1ccc(OC)c(NC(=O)/C=C/c2cn(Cc3ccccc3)nc2-c2cccnc2)c1. The Hall–Kier alpha value is -4.39. The van der Waals surface area contributed by atoms with E-state index in [0.29, 0.717) is 23.7 Å².